The average Bonchev–Trinajstić information content (AvgIpc) is 0. The van der Waals surface area contributed by atoms with E-state index < -0.39 is 0 Å². The molecule has 0 aliphatic heterocycles. The number of hydrogen-bond acceptors (Lipinski definition) is 0. The summed E-state index contributed by atoms with van der Waals surface area (Å²) in [4.78, 5) is 0. The molecule has 5 heteroatoms. The van der Waals surface area contributed by atoms with Crippen LogP contribution in [0.4, 0.5) is 0 Å². The Morgan fingerprint density at radius 2 is 0.600 bits per heavy atom. The fourth-order valence-electron chi connectivity index (χ4n) is 0. The molecule has 6 N–H and O–H groups in total. The van der Waals surface area contributed by atoms with Gasteiger partial charge in [0.2, 0.25) is 0 Å². The van der Waals surface area contributed by atoms with Gasteiger partial charge in [-0.05, 0) is 0 Å². The fourth-order valence-corrected chi connectivity index (χ4v) is 0. The summed E-state index contributed by atoms with van der Waals surface area (Å²) in [6, 6.07) is 0. The molecule has 0 rings (SSSR count). The maximum atomic E-state index is 0. The Balaban J connectivity index is 0. The molecule has 5 heavy (non-hydrogen) atoms. The van der Waals surface area contributed by atoms with E-state index in [2.05, 4.69) is 0 Å². The predicted octanol–water partition coefficient (Wildman–Crippen LogP) is -5.47. The van der Waals surface area contributed by atoms with Crippen molar-refractivity contribution in [3.63, 3.8) is 0 Å². The Bertz CT molecular complexity index is 6.85. The molecule has 3 nitrogen and oxygen atoms in total. The summed E-state index contributed by atoms with van der Waals surface area (Å²) in [5.41, 5.74) is 0. The summed E-state index contributed by atoms with van der Waals surface area (Å²) in [6.07, 6.45) is 0. The molecule has 0 amide bonds. The van der Waals surface area contributed by atoms with Crippen molar-refractivity contribution in [2.75, 3.05) is 0 Å². The van der Waals surface area contributed by atoms with Crippen LogP contribution in [0.1, 0.15) is 0 Å². The zero-order valence-electron chi connectivity index (χ0n) is 2.21. The minimum absolute atomic E-state index is 0. The van der Waals surface area contributed by atoms with Crippen LogP contribution >= 0.6 is 0 Å². The molecule has 0 saturated carbocycles. The van der Waals surface area contributed by atoms with Gasteiger partial charge in [-0.15, -0.1) is 0 Å². The predicted molar refractivity (Wildman–Crippen MR) is 10.8 cm³/mol. The molecule has 0 bridgehead atoms. The van der Waals surface area contributed by atoms with E-state index in [9.17, 15) is 0 Å². The van der Waals surface area contributed by atoms with Crippen LogP contribution in [0.2, 0.25) is 0 Å². The van der Waals surface area contributed by atoms with E-state index in [1.165, 1.54) is 0 Å². The fraction of sp³-hybridized carbons (Fsp3) is 0. The van der Waals surface area contributed by atoms with Gasteiger partial charge < -0.3 is 28.8 Å². The molecule has 38 valence electrons. The molecule has 0 unspecified atom stereocenters. The first-order valence-electron chi connectivity index (χ1n) is 0. The van der Waals surface area contributed by atoms with Gasteiger partial charge in [0.25, 0.3) is 0 Å². The second kappa shape index (κ2) is 110. The molecule has 0 aliphatic rings. The van der Waals surface area contributed by atoms with Crippen LogP contribution in [-0.4, -0.2) is 16.4 Å². The zero-order valence-corrected chi connectivity index (χ0v) is 4.61. The Labute approximate surface area is 48.8 Å². The van der Waals surface area contributed by atoms with Crippen LogP contribution in [0.5, 0.6) is 0 Å². The maximum Gasteiger partial charge on any atom is 3.00 e. The van der Waals surface area contributed by atoms with Crippen LogP contribution in [0, 0.1) is 0 Å². The molecule has 0 aliphatic carbocycles. The van der Waals surface area contributed by atoms with Crippen molar-refractivity contribution in [3.05, 3.63) is 0 Å². The molecule has 0 aromatic heterocycles. The van der Waals surface area contributed by atoms with Gasteiger partial charge in [-0.25, -0.2) is 0 Å². The van der Waals surface area contributed by atoms with Crippen molar-refractivity contribution in [3.8, 4) is 0 Å². The smallest absolute Gasteiger partial charge is 1.00 e. The topological polar surface area (TPSA) is 94.5 Å². The van der Waals surface area contributed by atoms with E-state index in [0.717, 1.165) is 0 Å². The SMILES string of the molecule is O.O.O.[Cl-].[Rh+3]. The summed E-state index contributed by atoms with van der Waals surface area (Å²) < 4.78 is 0. The monoisotopic (exact) mass is 192 g/mol. The Hall–Kier alpha value is 0.793. The Kier molecular flexibility index (Phi) is 4630. The molecule has 0 aromatic rings. The Morgan fingerprint density at radius 3 is 0.600 bits per heavy atom. The second-order valence-electron chi connectivity index (χ2n) is 0. The zero-order chi connectivity index (χ0) is 0. The molecule has 0 saturated heterocycles. The third-order valence-corrected chi connectivity index (χ3v) is 0. The first kappa shape index (κ1) is 211. The van der Waals surface area contributed by atoms with E-state index in [1.54, 1.807) is 0 Å². The van der Waals surface area contributed by atoms with Gasteiger partial charge in [-0.1, -0.05) is 0 Å². The van der Waals surface area contributed by atoms with Gasteiger partial charge in [0.1, 0.15) is 0 Å². The van der Waals surface area contributed by atoms with Gasteiger partial charge in [0.15, 0.2) is 0 Å². The second-order valence-corrected chi connectivity index (χ2v) is 0. The molecule has 0 atom stereocenters. The van der Waals surface area contributed by atoms with E-state index in [1.807, 2.05) is 0 Å². The summed E-state index contributed by atoms with van der Waals surface area (Å²) in [5.74, 6) is 0. The van der Waals surface area contributed by atoms with E-state index in [-0.39, 0.29) is 48.3 Å². The summed E-state index contributed by atoms with van der Waals surface area (Å²) in [5, 5.41) is 0. The number of hydrogen-bond donors (Lipinski definition) is 0. The van der Waals surface area contributed by atoms with E-state index in [4.69, 9.17) is 0 Å². The largest absolute Gasteiger partial charge is 3.00 e. The van der Waals surface area contributed by atoms with Crippen molar-refractivity contribution >= 4 is 0 Å². The quantitative estimate of drug-likeness (QED) is 0.343. The summed E-state index contributed by atoms with van der Waals surface area (Å²) in [7, 11) is 0. The molecule has 0 heterocycles. The standard InChI is InChI=1S/ClH.3H2O.Rh/h1H;3*1H2;/q;;;;+3/p-1. The van der Waals surface area contributed by atoms with Crippen molar-refractivity contribution in [1.82, 2.24) is 0 Å². The van der Waals surface area contributed by atoms with E-state index >= 15 is 0 Å². The van der Waals surface area contributed by atoms with Crippen molar-refractivity contribution < 1.29 is 48.3 Å². The normalized spacial score (nSPS) is 0. The van der Waals surface area contributed by atoms with Gasteiger partial charge >= 0.3 is 19.5 Å². The van der Waals surface area contributed by atoms with Crippen molar-refractivity contribution in [2.24, 2.45) is 0 Å². The number of rotatable bonds is 0. The van der Waals surface area contributed by atoms with Crippen LogP contribution in [0.3, 0.4) is 0 Å². The van der Waals surface area contributed by atoms with E-state index in [0.29, 0.717) is 0 Å². The third kappa shape index (κ3) is 59.4. The van der Waals surface area contributed by atoms with Crippen LogP contribution in [-0.2, 0) is 19.5 Å². The van der Waals surface area contributed by atoms with Crippen molar-refractivity contribution in [1.29, 1.82) is 0 Å². The molecule has 0 aromatic carbocycles. The van der Waals surface area contributed by atoms with Crippen LogP contribution < -0.4 is 12.4 Å². The minimum Gasteiger partial charge on any atom is -1.00 e. The molecule has 0 radical (unpaired) electrons. The molecule has 0 spiro atoms. The number of halogens is 1. The van der Waals surface area contributed by atoms with Crippen molar-refractivity contribution in [2.45, 2.75) is 0 Å². The minimum atomic E-state index is 0. The van der Waals surface area contributed by atoms with Gasteiger partial charge in [0, 0.05) is 0 Å². The molecular weight excluding hydrogens is 186 g/mol. The first-order valence-corrected chi connectivity index (χ1v) is 0. The van der Waals surface area contributed by atoms with Crippen LogP contribution in [0.25, 0.3) is 0 Å². The van der Waals surface area contributed by atoms with Crippen LogP contribution in [0.15, 0.2) is 0 Å². The Morgan fingerprint density at radius 1 is 0.600 bits per heavy atom. The van der Waals surface area contributed by atoms with Gasteiger partial charge in [0.05, 0.1) is 0 Å². The third-order valence-electron chi connectivity index (χ3n) is 0. The van der Waals surface area contributed by atoms with Gasteiger partial charge in [-0.3, -0.25) is 0 Å². The molecule has 0 fully saturated rings. The molecular formula is H6ClO3Rh+2. The average molecular weight is 192 g/mol. The maximum absolute atomic E-state index is 0. The summed E-state index contributed by atoms with van der Waals surface area (Å²) in [6.45, 7) is 0. The summed E-state index contributed by atoms with van der Waals surface area (Å²) >= 11 is 0. The van der Waals surface area contributed by atoms with Gasteiger partial charge in [-0.2, -0.15) is 0 Å². The first-order chi connectivity index (χ1) is 0.